The fourth-order valence-electron chi connectivity index (χ4n) is 2.62. The molecule has 1 amide bonds. The lowest BCUT2D eigenvalue weighted by Gasteiger charge is -2.16. The zero-order valence-electron chi connectivity index (χ0n) is 10.7. The summed E-state index contributed by atoms with van der Waals surface area (Å²) < 4.78 is 0. The third kappa shape index (κ3) is 3.03. The van der Waals surface area contributed by atoms with Crippen LogP contribution in [0.3, 0.4) is 0 Å². The topological polar surface area (TPSA) is 46.3 Å². The van der Waals surface area contributed by atoms with Gasteiger partial charge in [0.2, 0.25) is 5.91 Å². The minimum absolute atomic E-state index is 0. The third-order valence-electron chi connectivity index (χ3n) is 3.63. The molecule has 100 valence electrons. The van der Waals surface area contributed by atoms with Crippen molar-refractivity contribution in [2.75, 3.05) is 19.6 Å². The van der Waals surface area contributed by atoms with Gasteiger partial charge in [-0.15, -0.1) is 12.4 Å². The Morgan fingerprint density at radius 2 is 2.00 bits per heavy atom. The van der Waals surface area contributed by atoms with Gasteiger partial charge in [-0.25, -0.2) is 0 Å². The number of nitrogens with two attached hydrogens (primary N) is 1. The standard InChI is InChI=1S/C14H20N2O.ClH/c1-2-14(17)16-9-12(8-15)13(10-16)11-6-4-3-5-7-11;/h3-7,12-13H,2,8-10,15H2,1H3;1H/t12-,13+;/m1./s1. The Balaban J connectivity index is 0.00000162. The maximum atomic E-state index is 11.7. The normalized spacial score (nSPS) is 22.7. The van der Waals surface area contributed by atoms with Gasteiger partial charge in [-0.05, 0) is 18.0 Å². The van der Waals surface area contributed by atoms with Crippen molar-refractivity contribution in [1.82, 2.24) is 4.90 Å². The predicted molar refractivity (Wildman–Crippen MR) is 75.8 cm³/mol. The van der Waals surface area contributed by atoms with Crippen LogP contribution in [0.1, 0.15) is 24.8 Å². The summed E-state index contributed by atoms with van der Waals surface area (Å²) in [6, 6.07) is 10.4. The van der Waals surface area contributed by atoms with Crippen molar-refractivity contribution in [3.63, 3.8) is 0 Å². The summed E-state index contributed by atoms with van der Waals surface area (Å²) in [7, 11) is 0. The first-order valence-corrected chi connectivity index (χ1v) is 6.29. The fourth-order valence-corrected chi connectivity index (χ4v) is 2.62. The van der Waals surface area contributed by atoms with E-state index in [0.29, 0.717) is 24.8 Å². The minimum Gasteiger partial charge on any atom is -0.342 e. The molecule has 4 heteroatoms. The van der Waals surface area contributed by atoms with Crippen LogP contribution in [0.4, 0.5) is 0 Å². The van der Waals surface area contributed by atoms with Crippen molar-refractivity contribution in [2.45, 2.75) is 19.3 Å². The Kier molecular flexibility index (Phi) is 5.63. The van der Waals surface area contributed by atoms with Crippen LogP contribution in [-0.4, -0.2) is 30.4 Å². The minimum atomic E-state index is 0. The van der Waals surface area contributed by atoms with Crippen molar-refractivity contribution < 1.29 is 4.79 Å². The van der Waals surface area contributed by atoms with Crippen LogP contribution >= 0.6 is 12.4 Å². The summed E-state index contributed by atoms with van der Waals surface area (Å²) in [6.07, 6.45) is 0.582. The molecule has 1 fully saturated rings. The fraction of sp³-hybridized carbons (Fsp3) is 0.500. The largest absolute Gasteiger partial charge is 0.342 e. The molecule has 0 radical (unpaired) electrons. The van der Waals surface area contributed by atoms with E-state index in [9.17, 15) is 4.79 Å². The summed E-state index contributed by atoms with van der Waals surface area (Å²) in [6.45, 7) is 4.18. The van der Waals surface area contributed by atoms with Crippen LogP contribution in [0.2, 0.25) is 0 Å². The molecule has 2 N–H and O–H groups in total. The van der Waals surface area contributed by atoms with Gasteiger partial charge in [0.25, 0.3) is 0 Å². The van der Waals surface area contributed by atoms with E-state index in [1.165, 1.54) is 5.56 Å². The molecule has 0 bridgehead atoms. The molecule has 1 aliphatic rings. The highest BCUT2D eigenvalue weighted by molar-refractivity contribution is 5.85. The first-order chi connectivity index (χ1) is 8.26. The molecular weight excluding hydrogens is 248 g/mol. The van der Waals surface area contributed by atoms with Crippen molar-refractivity contribution in [1.29, 1.82) is 0 Å². The van der Waals surface area contributed by atoms with Gasteiger partial charge in [-0.1, -0.05) is 37.3 Å². The highest BCUT2D eigenvalue weighted by atomic mass is 35.5. The summed E-state index contributed by atoms with van der Waals surface area (Å²) in [4.78, 5) is 13.7. The van der Waals surface area contributed by atoms with Crippen LogP contribution in [0.25, 0.3) is 0 Å². The lowest BCUT2D eigenvalue weighted by Crippen LogP contribution is -2.28. The van der Waals surface area contributed by atoms with Crippen molar-refractivity contribution >= 4 is 18.3 Å². The molecule has 0 unspecified atom stereocenters. The molecule has 0 aliphatic carbocycles. The molecule has 2 rings (SSSR count). The molecule has 0 aromatic heterocycles. The monoisotopic (exact) mass is 268 g/mol. The van der Waals surface area contributed by atoms with Gasteiger partial charge in [0, 0.05) is 25.4 Å². The Bertz CT molecular complexity index is 383. The van der Waals surface area contributed by atoms with E-state index >= 15 is 0 Å². The van der Waals surface area contributed by atoms with Crippen molar-refractivity contribution in [3.05, 3.63) is 35.9 Å². The number of hydrogen-bond donors (Lipinski definition) is 1. The Labute approximate surface area is 115 Å². The van der Waals surface area contributed by atoms with Crippen LogP contribution in [0.15, 0.2) is 30.3 Å². The van der Waals surface area contributed by atoms with Gasteiger partial charge in [0.15, 0.2) is 0 Å². The molecule has 1 aliphatic heterocycles. The lowest BCUT2D eigenvalue weighted by molar-refractivity contribution is -0.129. The first-order valence-electron chi connectivity index (χ1n) is 6.29. The Morgan fingerprint density at radius 3 is 2.56 bits per heavy atom. The second-order valence-corrected chi connectivity index (χ2v) is 4.67. The number of amides is 1. The number of rotatable bonds is 3. The molecule has 0 spiro atoms. The number of likely N-dealkylation sites (tertiary alicyclic amines) is 1. The highest BCUT2D eigenvalue weighted by Gasteiger charge is 2.34. The molecule has 1 saturated heterocycles. The zero-order valence-corrected chi connectivity index (χ0v) is 11.5. The van der Waals surface area contributed by atoms with Crippen LogP contribution in [0.5, 0.6) is 0 Å². The summed E-state index contributed by atoms with van der Waals surface area (Å²) in [5, 5.41) is 0. The number of halogens is 1. The van der Waals surface area contributed by atoms with E-state index in [1.807, 2.05) is 30.0 Å². The quantitative estimate of drug-likeness (QED) is 0.912. The van der Waals surface area contributed by atoms with E-state index in [0.717, 1.165) is 13.1 Å². The average Bonchev–Trinajstić information content (AvgIpc) is 2.83. The van der Waals surface area contributed by atoms with E-state index in [2.05, 4.69) is 12.1 Å². The number of benzene rings is 1. The molecule has 1 aromatic rings. The molecule has 3 nitrogen and oxygen atoms in total. The Morgan fingerprint density at radius 1 is 1.33 bits per heavy atom. The van der Waals surface area contributed by atoms with Gasteiger partial charge in [0.1, 0.15) is 0 Å². The number of carbonyl (C=O) groups is 1. The summed E-state index contributed by atoms with van der Waals surface area (Å²) >= 11 is 0. The van der Waals surface area contributed by atoms with E-state index in [1.54, 1.807) is 0 Å². The third-order valence-corrected chi connectivity index (χ3v) is 3.63. The second-order valence-electron chi connectivity index (χ2n) is 4.67. The van der Waals surface area contributed by atoms with Gasteiger partial charge >= 0.3 is 0 Å². The van der Waals surface area contributed by atoms with Gasteiger partial charge in [0.05, 0.1) is 0 Å². The number of nitrogens with zero attached hydrogens (tertiary/aromatic N) is 1. The van der Waals surface area contributed by atoms with Crippen molar-refractivity contribution in [2.24, 2.45) is 11.7 Å². The summed E-state index contributed by atoms with van der Waals surface area (Å²) in [5.74, 6) is 1.03. The maximum Gasteiger partial charge on any atom is 0.222 e. The van der Waals surface area contributed by atoms with E-state index < -0.39 is 0 Å². The van der Waals surface area contributed by atoms with Crippen LogP contribution in [0, 0.1) is 5.92 Å². The molecule has 1 heterocycles. The lowest BCUT2D eigenvalue weighted by atomic mass is 9.89. The van der Waals surface area contributed by atoms with E-state index in [4.69, 9.17) is 5.73 Å². The highest BCUT2D eigenvalue weighted by Crippen LogP contribution is 2.32. The Hall–Kier alpha value is -1.06. The van der Waals surface area contributed by atoms with Gasteiger partial charge in [-0.2, -0.15) is 0 Å². The molecule has 1 aromatic carbocycles. The zero-order chi connectivity index (χ0) is 12.3. The smallest absolute Gasteiger partial charge is 0.222 e. The first kappa shape index (κ1) is 15.0. The van der Waals surface area contributed by atoms with E-state index in [-0.39, 0.29) is 18.3 Å². The molecule has 0 saturated carbocycles. The average molecular weight is 269 g/mol. The number of carbonyl (C=O) groups excluding carboxylic acids is 1. The van der Waals surface area contributed by atoms with Crippen LogP contribution in [-0.2, 0) is 4.79 Å². The SMILES string of the molecule is CCC(=O)N1C[C@@H](CN)[C@H](c2ccccc2)C1.Cl. The number of hydrogen-bond acceptors (Lipinski definition) is 2. The van der Waals surface area contributed by atoms with Crippen LogP contribution < -0.4 is 5.73 Å². The second kappa shape index (κ2) is 6.76. The maximum absolute atomic E-state index is 11.7. The molecule has 2 atom stereocenters. The van der Waals surface area contributed by atoms with Gasteiger partial charge < -0.3 is 10.6 Å². The predicted octanol–water partition coefficient (Wildman–Crippen LogP) is 2.02. The molecule has 18 heavy (non-hydrogen) atoms. The van der Waals surface area contributed by atoms with Crippen molar-refractivity contribution in [3.8, 4) is 0 Å². The molecular formula is C14H21ClN2O. The summed E-state index contributed by atoms with van der Waals surface area (Å²) in [5.41, 5.74) is 7.13. The van der Waals surface area contributed by atoms with Gasteiger partial charge in [-0.3, -0.25) is 4.79 Å².